The quantitative estimate of drug-likeness (QED) is 0.796. The standard InChI is InChI=1S/C21H25N3O5/c1-6-13-17(21(27)28-5)12(2)18(22-13)20(26)24-11-16(19(25)23(3)4)29-15-10-8-7-9-14(15)24/h7-10,16,22H,6,11H2,1-5H3. The number of esters is 1. The Bertz CT molecular complexity index is 963. The molecule has 0 saturated carbocycles. The van der Waals surface area contributed by atoms with Crippen LogP contribution in [0.4, 0.5) is 5.69 Å². The number of ether oxygens (including phenoxy) is 2. The second-order valence-electron chi connectivity index (χ2n) is 7.05. The van der Waals surface area contributed by atoms with Gasteiger partial charge in [-0.25, -0.2) is 4.79 Å². The zero-order valence-electron chi connectivity index (χ0n) is 17.2. The molecule has 0 radical (unpaired) electrons. The Morgan fingerprint density at radius 1 is 1.28 bits per heavy atom. The number of aryl methyl sites for hydroxylation is 1. The molecule has 3 rings (SSSR count). The highest BCUT2D eigenvalue weighted by molar-refractivity contribution is 6.09. The van der Waals surface area contributed by atoms with Crippen LogP contribution in [0.5, 0.6) is 5.75 Å². The van der Waals surface area contributed by atoms with Crippen molar-refractivity contribution in [3.8, 4) is 5.75 Å². The Labute approximate surface area is 169 Å². The summed E-state index contributed by atoms with van der Waals surface area (Å²) in [6.45, 7) is 3.67. The number of carbonyl (C=O) groups is 3. The molecule has 0 aliphatic carbocycles. The van der Waals surface area contributed by atoms with Gasteiger partial charge >= 0.3 is 5.97 Å². The van der Waals surface area contributed by atoms with E-state index >= 15 is 0 Å². The number of carbonyl (C=O) groups excluding carboxylic acids is 3. The largest absolute Gasteiger partial charge is 0.476 e. The number of aromatic nitrogens is 1. The average molecular weight is 399 g/mol. The van der Waals surface area contributed by atoms with Crippen molar-refractivity contribution >= 4 is 23.5 Å². The number of hydrogen-bond donors (Lipinski definition) is 1. The average Bonchev–Trinajstić information content (AvgIpc) is 3.07. The first-order valence-electron chi connectivity index (χ1n) is 9.38. The van der Waals surface area contributed by atoms with E-state index in [1.54, 1.807) is 45.3 Å². The molecule has 0 saturated heterocycles. The Morgan fingerprint density at radius 3 is 2.59 bits per heavy atom. The lowest BCUT2D eigenvalue weighted by Gasteiger charge is -2.35. The summed E-state index contributed by atoms with van der Waals surface area (Å²) >= 11 is 0. The Kier molecular flexibility index (Phi) is 5.63. The van der Waals surface area contributed by atoms with E-state index in [0.29, 0.717) is 40.4 Å². The number of likely N-dealkylation sites (N-methyl/N-ethyl adjacent to an activating group) is 1. The number of nitrogens with zero attached hydrogens (tertiary/aromatic N) is 2. The van der Waals surface area contributed by atoms with Crippen molar-refractivity contribution in [1.29, 1.82) is 0 Å². The smallest absolute Gasteiger partial charge is 0.339 e. The van der Waals surface area contributed by atoms with Crippen LogP contribution in [0.3, 0.4) is 0 Å². The minimum Gasteiger partial charge on any atom is -0.476 e. The van der Waals surface area contributed by atoms with E-state index < -0.39 is 12.1 Å². The molecular weight excluding hydrogens is 374 g/mol. The van der Waals surface area contributed by atoms with Gasteiger partial charge in [-0.15, -0.1) is 0 Å². The van der Waals surface area contributed by atoms with Gasteiger partial charge in [-0.1, -0.05) is 19.1 Å². The summed E-state index contributed by atoms with van der Waals surface area (Å²) in [6.07, 6.45) is -0.273. The first-order valence-corrected chi connectivity index (χ1v) is 9.38. The number of rotatable bonds is 4. The van der Waals surface area contributed by atoms with E-state index in [0.717, 1.165) is 0 Å². The molecule has 2 aromatic rings. The topological polar surface area (TPSA) is 91.9 Å². The number of amides is 2. The zero-order chi connectivity index (χ0) is 21.3. The predicted octanol–water partition coefficient (Wildman–Crippen LogP) is 2.17. The van der Waals surface area contributed by atoms with Crippen LogP contribution >= 0.6 is 0 Å². The number of nitrogens with one attached hydrogen (secondary N) is 1. The number of anilines is 1. The van der Waals surface area contributed by atoms with Crippen LogP contribution in [-0.4, -0.2) is 61.5 Å². The van der Waals surface area contributed by atoms with Gasteiger partial charge in [0.05, 0.1) is 24.9 Å². The second kappa shape index (κ2) is 7.98. The van der Waals surface area contributed by atoms with Gasteiger partial charge in [0.2, 0.25) is 0 Å². The summed E-state index contributed by atoms with van der Waals surface area (Å²) in [6, 6.07) is 7.08. The first-order chi connectivity index (χ1) is 13.8. The van der Waals surface area contributed by atoms with Gasteiger partial charge in [0.15, 0.2) is 6.10 Å². The molecule has 2 heterocycles. The molecule has 0 spiro atoms. The lowest BCUT2D eigenvalue weighted by atomic mass is 10.1. The first kappa shape index (κ1) is 20.4. The molecule has 8 heteroatoms. The molecular formula is C21H25N3O5. The normalized spacial score (nSPS) is 15.3. The van der Waals surface area contributed by atoms with E-state index in [-0.39, 0.29) is 18.4 Å². The molecule has 0 bridgehead atoms. The highest BCUT2D eigenvalue weighted by atomic mass is 16.5. The Morgan fingerprint density at radius 2 is 1.97 bits per heavy atom. The maximum absolute atomic E-state index is 13.5. The Balaban J connectivity index is 2.05. The fourth-order valence-corrected chi connectivity index (χ4v) is 3.49. The van der Waals surface area contributed by atoms with Crippen LogP contribution in [-0.2, 0) is 16.0 Å². The van der Waals surface area contributed by atoms with Crippen LogP contribution in [0, 0.1) is 6.92 Å². The molecule has 1 aliphatic heterocycles. The van der Waals surface area contributed by atoms with E-state index in [2.05, 4.69) is 4.98 Å². The SMILES string of the molecule is CCc1[nH]c(C(=O)N2CC(C(=O)N(C)C)Oc3ccccc32)c(C)c1C(=O)OC. The molecule has 1 aliphatic rings. The number of fused-ring (bicyclic) bond motifs is 1. The van der Waals surface area contributed by atoms with Crippen molar-refractivity contribution in [1.82, 2.24) is 9.88 Å². The molecule has 1 aromatic heterocycles. The van der Waals surface area contributed by atoms with E-state index in [1.807, 2.05) is 6.92 Å². The maximum Gasteiger partial charge on any atom is 0.339 e. The van der Waals surface area contributed by atoms with Gasteiger partial charge in [0.25, 0.3) is 11.8 Å². The molecule has 1 unspecified atom stereocenters. The lowest BCUT2D eigenvalue weighted by molar-refractivity contribution is -0.135. The van der Waals surface area contributed by atoms with E-state index in [1.165, 1.54) is 16.9 Å². The molecule has 154 valence electrons. The molecule has 1 atom stereocenters. The number of benzene rings is 1. The third-order valence-corrected chi connectivity index (χ3v) is 5.02. The van der Waals surface area contributed by atoms with Gasteiger partial charge in [-0.05, 0) is 31.0 Å². The summed E-state index contributed by atoms with van der Waals surface area (Å²) in [7, 11) is 4.60. The van der Waals surface area contributed by atoms with Crippen molar-refractivity contribution < 1.29 is 23.9 Å². The van der Waals surface area contributed by atoms with Crippen molar-refractivity contribution in [2.24, 2.45) is 0 Å². The number of methoxy groups -OCH3 is 1. The molecule has 1 N–H and O–H groups in total. The number of hydrogen-bond acceptors (Lipinski definition) is 5. The van der Waals surface area contributed by atoms with Gasteiger partial charge < -0.3 is 19.4 Å². The van der Waals surface area contributed by atoms with Crippen molar-refractivity contribution in [3.05, 3.63) is 46.8 Å². The highest BCUT2D eigenvalue weighted by Gasteiger charge is 2.36. The Hall–Kier alpha value is -3.29. The fraction of sp³-hybridized carbons (Fsp3) is 0.381. The van der Waals surface area contributed by atoms with E-state index in [4.69, 9.17) is 9.47 Å². The van der Waals surface area contributed by atoms with E-state index in [9.17, 15) is 14.4 Å². The minimum atomic E-state index is -0.815. The van der Waals surface area contributed by atoms with Gasteiger partial charge in [-0.3, -0.25) is 14.5 Å². The number of aromatic amines is 1. The molecule has 8 nitrogen and oxygen atoms in total. The molecule has 1 aromatic carbocycles. The third kappa shape index (κ3) is 3.57. The second-order valence-corrected chi connectivity index (χ2v) is 7.05. The van der Waals surface area contributed by atoms with Crippen LogP contribution in [0.2, 0.25) is 0 Å². The highest BCUT2D eigenvalue weighted by Crippen LogP contribution is 2.35. The summed E-state index contributed by atoms with van der Waals surface area (Å²) in [5, 5.41) is 0. The summed E-state index contributed by atoms with van der Waals surface area (Å²) in [5.41, 5.74) is 2.42. The third-order valence-electron chi connectivity index (χ3n) is 5.02. The van der Waals surface area contributed by atoms with Gasteiger partial charge in [0.1, 0.15) is 11.4 Å². The molecule has 29 heavy (non-hydrogen) atoms. The van der Waals surface area contributed by atoms with Crippen LogP contribution in [0.15, 0.2) is 24.3 Å². The van der Waals surface area contributed by atoms with Crippen molar-refractivity contribution in [3.63, 3.8) is 0 Å². The zero-order valence-corrected chi connectivity index (χ0v) is 17.2. The van der Waals surface area contributed by atoms with Crippen LogP contribution in [0.1, 0.15) is 39.0 Å². The van der Waals surface area contributed by atoms with Crippen molar-refractivity contribution in [2.45, 2.75) is 26.4 Å². The summed E-state index contributed by atoms with van der Waals surface area (Å²) in [4.78, 5) is 44.2. The maximum atomic E-state index is 13.5. The number of H-pyrrole nitrogens is 1. The summed E-state index contributed by atoms with van der Waals surface area (Å²) < 4.78 is 10.7. The fourth-order valence-electron chi connectivity index (χ4n) is 3.49. The summed E-state index contributed by atoms with van der Waals surface area (Å²) in [5.74, 6) is -0.595. The van der Waals surface area contributed by atoms with Gasteiger partial charge in [-0.2, -0.15) is 0 Å². The van der Waals surface area contributed by atoms with Gasteiger partial charge in [0, 0.05) is 19.8 Å². The lowest BCUT2D eigenvalue weighted by Crippen LogP contribution is -2.50. The minimum absolute atomic E-state index is 0.0698. The predicted molar refractivity (Wildman–Crippen MR) is 107 cm³/mol. The molecule has 0 fully saturated rings. The van der Waals surface area contributed by atoms with Crippen molar-refractivity contribution in [2.75, 3.05) is 32.6 Å². The number of para-hydroxylation sites is 2. The van der Waals surface area contributed by atoms with Crippen LogP contribution in [0.25, 0.3) is 0 Å². The monoisotopic (exact) mass is 399 g/mol. The molecule has 2 amide bonds. The van der Waals surface area contributed by atoms with Crippen LogP contribution < -0.4 is 9.64 Å².